The van der Waals surface area contributed by atoms with Gasteiger partial charge in [0, 0.05) is 19.0 Å². The van der Waals surface area contributed by atoms with Crippen LogP contribution in [0.25, 0.3) is 0 Å². The van der Waals surface area contributed by atoms with Gasteiger partial charge in [0.15, 0.2) is 0 Å². The standard InChI is InChI=1S/C24H27FN2O3/c1-15(2)30-22-12-5-16(14-26)13-21(22)27(3)20-11-10-19(24(28)29-4)23(20)17-6-8-18(25)9-7-17/h5-9,12-13,15,19-20,23H,10-11H2,1-4H3. The number of benzene rings is 2. The van der Waals surface area contributed by atoms with E-state index in [9.17, 15) is 14.4 Å². The van der Waals surface area contributed by atoms with Crippen molar-refractivity contribution >= 4 is 11.7 Å². The Labute approximate surface area is 177 Å². The lowest BCUT2D eigenvalue weighted by atomic mass is 9.85. The molecule has 0 saturated heterocycles. The molecule has 3 unspecified atom stereocenters. The molecule has 2 aromatic carbocycles. The number of methoxy groups -OCH3 is 1. The second kappa shape index (κ2) is 9.17. The van der Waals surface area contributed by atoms with Crippen molar-refractivity contribution in [3.8, 4) is 11.8 Å². The molecule has 3 rings (SSSR count). The Bertz CT molecular complexity index is 936. The van der Waals surface area contributed by atoms with Crippen molar-refractivity contribution < 1.29 is 18.7 Å². The lowest BCUT2D eigenvalue weighted by molar-refractivity contribution is -0.145. The summed E-state index contributed by atoms with van der Waals surface area (Å²) in [6.07, 6.45) is 1.41. The molecule has 0 spiro atoms. The number of halogens is 1. The van der Waals surface area contributed by atoms with E-state index in [1.54, 1.807) is 18.2 Å². The van der Waals surface area contributed by atoms with Crippen molar-refractivity contribution in [2.75, 3.05) is 19.1 Å². The van der Waals surface area contributed by atoms with Crippen LogP contribution in [0.5, 0.6) is 5.75 Å². The summed E-state index contributed by atoms with van der Waals surface area (Å²) in [7, 11) is 3.34. The summed E-state index contributed by atoms with van der Waals surface area (Å²) in [5, 5.41) is 9.38. The molecular weight excluding hydrogens is 383 g/mol. The third kappa shape index (κ3) is 4.40. The van der Waals surface area contributed by atoms with Crippen molar-refractivity contribution in [3.63, 3.8) is 0 Å². The molecular formula is C24H27FN2O3. The fourth-order valence-corrected chi connectivity index (χ4v) is 4.36. The highest BCUT2D eigenvalue weighted by atomic mass is 19.1. The maximum Gasteiger partial charge on any atom is 0.309 e. The lowest BCUT2D eigenvalue weighted by Gasteiger charge is -2.34. The van der Waals surface area contributed by atoms with Gasteiger partial charge in [0.25, 0.3) is 0 Å². The zero-order valence-electron chi connectivity index (χ0n) is 17.8. The maximum atomic E-state index is 13.5. The van der Waals surface area contributed by atoms with Gasteiger partial charge in [-0.3, -0.25) is 4.79 Å². The van der Waals surface area contributed by atoms with Gasteiger partial charge < -0.3 is 14.4 Å². The molecule has 1 saturated carbocycles. The van der Waals surface area contributed by atoms with Crippen molar-refractivity contribution in [1.82, 2.24) is 0 Å². The molecule has 30 heavy (non-hydrogen) atoms. The SMILES string of the molecule is COC(=O)C1CCC(N(C)c2cc(C#N)ccc2OC(C)C)C1c1ccc(F)cc1. The van der Waals surface area contributed by atoms with Gasteiger partial charge in [-0.1, -0.05) is 12.1 Å². The van der Waals surface area contributed by atoms with E-state index in [0.29, 0.717) is 17.7 Å². The van der Waals surface area contributed by atoms with Gasteiger partial charge in [0.2, 0.25) is 0 Å². The largest absolute Gasteiger partial charge is 0.489 e. The molecule has 0 radical (unpaired) electrons. The van der Waals surface area contributed by atoms with E-state index < -0.39 is 0 Å². The predicted octanol–water partition coefficient (Wildman–Crippen LogP) is 4.66. The van der Waals surface area contributed by atoms with Crippen LogP contribution in [-0.4, -0.2) is 32.3 Å². The molecule has 2 aromatic rings. The summed E-state index contributed by atoms with van der Waals surface area (Å²) in [5.74, 6) is -0.372. The Morgan fingerprint density at radius 3 is 2.50 bits per heavy atom. The molecule has 158 valence electrons. The first-order valence-electron chi connectivity index (χ1n) is 10.1. The maximum absolute atomic E-state index is 13.5. The number of hydrogen-bond donors (Lipinski definition) is 0. The number of anilines is 1. The molecule has 0 aromatic heterocycles. The zero-order valence-corrected chi connectivity index (χ0v) is 17.8. The Morgan fingerprint density at radius 1 is 1.20 bits per heavy atom. The van der Waals surface area contributed by atoms with E-state index in [2.05, 4.69) is 11.0 Å². The minimum Gasteiger partial charge on any atom is -0.489 e. The molecule has 1 fully saturated rings. The topological polar surface area (TPSA) is 62.6 Å². The quantitative estimate of drug-likeness (QED) is 0.649. The molecule has 0 amide bonds. The fourth-order valence-electron chi connectivity index (χ4n) is 4.36. The number of nitrogens with zero attached hydrogens (tertiary/aromatic N) is 2. The summed E-state index contributed by atoms with van der Waals surface area (Å²) >= 11 is 0. The van der Waals surface area contributed by atoms with Crippen LogP contribution < -0.4 is 9.64 Å². The normalized spacial score (nSPS) is 20.6. The highest BCUT2D eigenvalue weighted by Crippen LogP contribution is 2.45. The summed E-state index contributed by atoms with van der Waals surface area (Å²) in [6, 6.07) is 13.8. The van der Waals surface area contributed by atoms with E-state index in [1.165, 1.54) is 19.2 Å². The molecule has 0 N–H and O–H groups in total. The van der Waals surface area contributed by atoms with Crippen molar-refractivity contribution in [1.29, 1.82) is 5.26 Å². The van der Waals surface area contributed by atoms with E-state index in [0.717, 1.165) is 17.7 Å². The average Bonchev–Trinajstić information content (AvgIpc) is 3.18. The number of rotatable bonds is 6. The van der Waals surface area contributed by atoms with E-state index in [4.69, 9.17) is 9.47 Å². The van der Waals surface area contributed by atoms with Crippen LogP contribution in [0, 0.1) is 23.1 Å². The molecule has 1 aliphatic rings. The highest BCUT2D eigenvalue weighted by molar-refractivity contribution is 5.75. The van der Waals surface area contributed by atoms with Gasteiger partial charge in [0.05, 0.1) is 36.5 Å². The smallest absolute Gasteiger partial charge is 0.309 e. The van der Waals surface area contributed by atoms with Gasteiger partial charge in [-0.05, 0) is 62.6 Å². The van der Waals surface area contributed by atoms with E-state index in [-0.39, 0.29) is 35.8 Å². The lowest BCUT2D eigenvalue weighted by Crippen LogP contribution is -2.37. The Kier molecular flexibility index (Phi) is 6.61. The molecule has 0 aliphatic heterocycles. The van der Waals surface area contributed by atoms with Gasteiger partial charge in [-0.15, -0.1) is 0 Å². The number of ether oxygens (including phenoxy) is 2. The van der Waals surface area contributed by atoms with Gasteiger partial charge in [-0.25, -0.2) is 4.39 Å². The Morgan fingerprint density at radius 2 is 1.90 bits per heavy atom. The van der Waals surface area contributed by atoms with E-state index >= 15 is 0 Å². The minimum absolute atomic E-state index is 0.0237. The molecule has 0 bridgehead atoms. The van der Waals surface area contributed by atoms with Crippen LogP contribution in [0.4, 0.5) is 10.1 Å². The summed E-state index contributed by atoms with van der Waals surface area (Å²) in [6.45, 7) is 3.90. The number of hydrogen-bond acceptors (Lipinski definition) is 5. The number of nitriles is 1. The van der Waals surface area contributed by atoms with E-state index in [1.807, 2.05) is 33.0 Å². The third-order valence-corrected chi connectivity index (χ3v) is 5.71. The number of carbonyl (C=O) groups is 1. The zero-order chi connectivity index (χ0) is 21.8. The van der Waals surface area contributed by atoms with Gasteiger partial charge >= 0.3 is 5.97 Å². The van der Waals surface area contributed by atoms with Crippen molar-refractivity contribution in [2.24, 2.45) is 5.92 Å². The van der Waals surface area contributed by atoms with Crippen molar-refractivity contribution in [3.05, 3.63) is 59.4 Å². The van der Waals surface area contributed by atoms with Crippen LogP contribution in [-0.2, 0) is 9.53 Å². The van der Waals surface area contributed by atoms with Crippen LogP contribution in [0.1, 0.15) is 43.7 Å². The third-order valence-electron chi connectivity index (χ3n) is 5.71. The van der Waals surface area contributed by atoms with Gasteiger partial charge in [0.1, 0.15) is 11.6 Å². The molecule has 1 aliphatic carbocycles. The second-order valence-corrected chi connectivity index (χ2v) is 7.92. The van der Waals surface area contributed by atoms with Crippen LogP contribution in [0.2, 0.25) is 0 Å². The average molecular weight is 410 g/mol. The summed E-state index contributed by atoms with van der Waals surface area (Å²) in [4.78, 5) is 14.6. The first-order valence-corrected chi connectivity index (χ1v) is 10.1. The molecule has 3 atom stereocenters. The van der Waals surface area contributed by atoms with Gasteiger partial charge in [-0.2, -0.15) is 5.26 Å². The van der Waals surface area contributed by atoms with Crippen LogP contribution in [0.3, 0.4) is 0 Å². The highest BCUT2D eigenvalue weighted by Gasteiger charge is 2.44. The fraction of sp³-hybridized carbons (Fsp3) is 0.417. The second-order valence-electron chi connectivity index (χ2n) is 7.92. The number of likely N-dealkylation sites (N-methyl/N-ethyl adjacent to an activating group) is 1. The first kappa shape index (κ1) is 21.6. The number of carbonyl (C=O) groups excluding carboxylic acids is 1. The molecule has 0 heterocycles. The van der Waals surface area contributed by atoms with Crippen LogP contribution in [0.15, 0.2) is 42.5 Å². The molecule has 5 nitrogen and oxygen atoms in total. The monoisotopic (exact) mass is 410 g/mol. The van der Waals surface area contributed by atoms with Crippen molar-refractivity contribution in [2.45, 2.75) is 44.8 Å². The Balaban J connectivity index is 2.03. The predicted molar refractivity (Wildman–Crippen MR) is 113 cm³/mol. The molecule has 6 heteroatoms. The van der Waals surface area contributed by atoms with Crippen LogP contribution >= 0.6 is 0 Å². The summed E-state index contributed by atoms with van der Waals surface area (Å²) in [5.41, 5.74) is 2.23. The Hall–Kier alpha value is -3.07. The minimum atomic E-state index is -0.318. The number of esters is 1. The summed E-state index contributed by atoms with van der Waals surface area (Å²) < 4.78 is 24.6. The first-order chi connectivity index (χ1) is 14.3.